The predicted octanol–water partition coefficient (Wildman–Crippen LogP) is 7.15. The van der Waals surface area contributed by atoms with Crippen LogP contribution in [0.4, 0.5) is 0 Å². The molecule has 41 heavy (non-hydrogen) atoms. The van der Waals surface area contributed by atoms with Crippen LogP contribution in [-0.2, 0) is 0 Å². The van der Waals surface area contributed by atoms with E-state index in [-0.39, 0.29) is 11.5 Å². The number of hydrogen-bond acceptors (Lipinski definition) is 4. The van der Waals surface area contributed by atoms with Crippen LogP contribution in [0.5, 0.6) is 0 Å². The van der Waals surface area contributed by atoms with Crippen molar-refractivity contribution < 1.29 is 5.11 Å². The maximum absolute atomic E-state index is 12.9. The number of nitrogens with one attached hydrogen (secondary N) is 2. The molecule has 0 saturated carbocycles. The van der Waals surface area contributed by atoms with E-state index in [1.807, 2.05) is 6.20 Å². The number of benzene rings is 1. The molecule has 3 aromatic rings. The quantitative estimate of drug-likeness (QED) is 0.282. The Kier molecular flexibility index (Phi) is 7.61. The van der Waals surface area contributed by atoms with Gasteiger partial charge in [0, 0.05) is 40.5 Å². The first-order valence-electron chi connectivity index (χ1n) is 16.2. The number of allylic oxidation sites excluding steroid dienone is 5. The van der Waals surface area contributed by atoms with Gasteiger partial charge in [-0.15, -0.1) is 0 Å². The number of piperidine rings is 1. The first kappa shape index (κ1) is 27.1. The van der Waals surface area contributed by atoms with Gasteiger partial charge >= 0.3 is 0 Å². The second kappa shape index (κ2) is 11.5. The van der Waals surface area contributed by atoms with Gasteiger partial charge in [0.2, 0.25) is 0 Å². The number of aromatic amines is 1. The van der Waals surface area contributed by atoms with Gasteiger partial charge in [-0.3, -0.25) is 4.98 Å². The van der Waals surface area contributed by atoms with Crippen molar-refractivity contribution in [2.45, 2.75) is 82.3 Å². The van der Waals surface area contributed by atoms with Crippen LogP contribution < -0.4 is 5.32 Å². The number of H-pyrrole nitrogens is 1. The Morgan fingerprint density at radius 2 is 1.66 bits per heavy atom. The molecule has 3 aliphatic heterocycles. The molecule has 1 saturated heterocycles. The highest BCUT2D eigenvalue weighted by atomic mass is 16.3. The number of hydrogen-bond donors (Lipinski definition) is 3. The number of nitrogens with zero attached hydrogens (tertiary/aromatic N) is 2. The van der Waals surface area contributed by atoms with E-state index in [1.54, 1.807) is 0 Å². The fraction of sp³-hybridized carbons (Fsp3) is 0.528. The van der Waals surface area contributed by atoms with Crippen LogP contribution in [0.2, 0.25) is 0 Å². The molecule has 1 fully saturated rings. The molecule has 2 aromatic heterocycles. The lowest BCUT2D eigenvalue weighted by Gasteiger charge is -2.60. The van der Waals surface area contributed by atoms with Crippen LogP contribution >= 0.6 is 0 Å². The molecule has 1 spiro atoms. The Morgan fingerprint density at radius 1 is 0.854 bits per heavy atom. The van der Waals surface area contributed by atoms with Crippen LogP contribution in [0, 0.1) is 11.3 Å². The summed E-state index contributed by atoms with van der Waals surface area (Å²) in [6, 6.07) is 10.7. The second-order valence-corrected chi connectivity index (χ2v) is 13.1. The largest absolute Gasteiger partial charge is 0.384 e. The first-order valence-corrected chi connectivity index (χ1v) is 16.2. The standard InChI is InChI=1S/C36H46N4O/c41-36-20-12-6-2-4-8-14-23-40-24-18-30(35(26-40)19-11-5-1-3-7-13-21-38-34(35)36)29(25-36)32-33-28(17-22-37-32)27-15-9-10-16-31(27)39-33/h1-2,5-6,9-10,15-17,22,25,30,34,38-39,41H,3-4,7-8,11-14,18-21,23-24,26H2/b5-1-,6-2-/t30?,34-,35-,36?/m1/s1. The van der Waals surface area contributed by atoms with Crippen molar-refractivity contribution in [3.8, 4) is 0 Å². The highest BCUT2D eigenvalue weighted by molar-refractivity contribution is 6.09. The van der Waals surface area contributed by atoms with E-state index in [0.29, 0.717) is 5.92 Å². The van der Waals surface area contributed by atoms with Crippen LogP contribution in [0.1, 0.15) is 76.3 Å². The topological polar surface area (TPSA) is 64.2 Å². The zero-order chi connectivity index (χ0) is 27.7. The van der Waals surface area contributed by atoms with E-state index in [9.17, 15) is 5.11 Å². The fourth-order valence-corrected chi connectivity index (χ4v) is 8.69. The highest BCUT2D eigenvalue weighted by Gasteiger charge is 2.58. The van der Waals surface area contributed by atoms with E-state index in [0.717, 1.165) is 94.3 Å². The molecule has 7 rings (SSSR count). The molecule has 3 bridgehead atoms. The van der Waals surface area contributed by atoms with Crippen molar-refractivity contribution in [2.24, 2.45) is 11.3 Å². The highest BCUT2D eigenvalue weighted by Crippen LogP contribution is 2.56. The van der Waals surface area contributed by atoms with E-state index in [2.05, 4.69) is 75.9 Å². The molecule has 5 heterocycles. The number of aromatic nitrogens is 2. The van der Waals surface area contributed by atoms with Crippen molar-refractivity contribution in [3.63, 3.8) is 0 Å². The molecule has 5 heteroatoms. The average Bonchev–Trinajstić information content (AvgIpc) is 3.35. The molecule has 1 aliphatic carbocycles. The summed E-state index contributed by atoms with van der Waals surface area (Å²) in [4.78, 5) is 11.6. The molecule has 1 aromatic carbocycles. The van der Waals surface area contributed by atoms with Crippen LogP contribution in [-0.4, -0.2) is 57.8 Å². The predicted molar refractivity (Wildman–Crippen MR) is 170 cm³/mol. The van der Waals surface area contributed by atoms with Crippen molar-refractivity contribution in [1.29, 1.82) is 0 Å². The molecule has 3 N–H and O–H groups in total. The van der Waals surface area contributed by atoms with Gasteiger partial charge in [0.1, 0.15) is 0 Å². The molecule has 5 nitrogen and oxygen atoms in total. The van der Waals surface area contributed by atoms with Crippen LogP contribution in [0.25, 0.3) is 27.4 Å². The number of rotatable bonds is 1. The summed E-state index contributed by atoms with van der Waals surface area (Å²) in [5.74, 6) is 0.343. The summed E-state index contributed by atoms with van der Waals surface area (Å²) in [7, 11) is 0. The summed E-state index contributed by atoms with van der Waals surface area (Å²) < 4.78 is 0. The van der Waals surface area contributed by atoms with E-state index >= 15 is 0 Å². The summed E-state index contributed by atoms with van der Waals surface area (Å²) in [5.41, 5.74) is 3.55. The second-order valence-electron chi connectivity index (χ2n) is 13.1. The van der Waals surface area contributed by atoms with E-state index < -0.39 is 5.60 Å². The molecule has 4 aliphatic rings. The van der Waals surface area contributed by atoms with E-state index in [4.69, 9.17) is 4.98 Å². The lowest BCUT2D eigenvalue weighted by atomic mass is 9.53. The molecular weight excluding hydrogens is 504 g/mol. The summed E-state index contributed by atoms with van der Waals surface area (Å²) >= 11 is 0. The maximum atomic E-state index is 12.9. The van der Waals surface area contributed by atoms with Crippen molar-refractivity contribution >= 4 is 27.4 Å². The smallest absolute Gasteiger partial charge is 0.0995 e. The Hall–Kier alpha value is -2.73. The zero-order valence-electron chi connectivity index (χ0n) is 24.5. The Bertz CT molecular complexity index is 1470. The first-order chi connectivity index (χ1) is 20.2. The normalized spacial score (nSPS) is 34.9. The van der Waals surface area contributed by atoms with Crippen LogP contribution in [0.3, 0.4) is 0 Å². The third kappa shape index (κ3) is 5.00. The molecule has 216 valence electrons. The third-order valence-electron chi connectivity index (χ3n) is 10.6. The van der Waals surface area contributed by atoms with Gasteiger partial charge in [-0.05, 0) is 120 Å². The molecule has 3 unspecified atom stereocenters. The van der Waals surface area contributed by atoms with Gasteiger partial charge in [0.05, 0.1) is 16.8 Å². The van der Waals surface area contributed by atoms with Gasteiger partial charge < -0.3 is 20.3 Å². The Balaban J connectivity index is 1.44. The lowest BCUT2D eigenvalue weighted by molar-refractivity contribution is -0.0798. The fourth-order valence-electron chi connectivity index (χ4n) is 8.69. The van der Waals surface area contributed by atoms with Gasteiger partial charge in [0.25, 0.3) is 0 Å². The summed E-state index contributed by atoms with van der Waals surface area (Å²) in [6.07, 6.45) is 25.8. The number of fused-ring (bicyclic) bond motifs is 4. The molecule has 0 amide bonds. The molecular formula is C36H46N4O. The van der Waals surface area contributed by atoms with Gasteiger partial charge in [-0.2, -0.15) is 0 Å². The molecule has 5 atom stereocenters. The molecule has 0 radical (unpaired) electrons. The number of aliphatic hydroxyl groups is 1. The van der Waals surface area contributed by atoms with Crippen molar-refractivity contribution in [3.05, 3.63) is 72.6 Å². The monoisotopic (exact) mass is 550 g/mol. The minimum absolute atomic E-state index is 0.0223. The minimum atomic E-state index is -0.944. The van der Waals surface area contributed by atoms with Crippen molar-refractivity contribution in [1.82, 2.24) is 20.2 Å². The summed E-state index contributed by atoms with van der Waals surface area (Å²) in [5, 5.41) is 19.4. The number of para-hydroxylation sites is 1. The third-order valence-corrected chi connectivity index (χ3v) is 10.6. The van der Waals surface area contributed by atoms with Crippen molar-refractivity contribution in [2.75, 3.05) is 26.2 Å². The summed E-state index contributed by atoms with van der Waals surface area (Å²) in [6.45, 7) is 4.27. The average molecular weight is 551 g/mol. The minimum Gasteiger partial charge on any atom is -0.384 e. The van der Waals surface area contributed by atoms with Gasteiger partial charge in [-0.1, -0.05) is 42.5 Å². The van der Waals surface area contributed by atoms with Crippen LogP contribution in [0.15, 0.2) is 66.9 Å². The SMILES string of the molecule is OC12C=C(c3nccc4c3[nH]c3ccccc34)C3CCN(CCCC/C=C\CC1)C[C@]31CC/C=C\CCCCN[C@@H]21. The zero-order valence-corrected chi connectivity index (χ0v) is 24.5. The number of pyridine rings is 1. The van der Waals surface area contributed by atoms with Gasteiger partial charge in [0.15, 0.2) is 0 Å². The van der Waals surface area contributed by atoms with E-state index in [1.165, 1.54) is 35.6 Å². The van der Waals surface area contributed by atoms with Gasteiger partial charge in [-0.25, -0.2) is 0 Å². The Morgan fingerprint density at radius 3 is 2.56 bits per heavy atom. The Labute approximate surface area is 244 Å². The lowest BCUT2D eigenvalue weighted by Crippen LogP contribution is -2.68. The maximum Gasteiger partial charge on any atom is 0.0995 e.